The number of anilines is 1. The molecule has 0 saturated carbocycles. The lowest BCUT2D eigenvalue weighted by atomic mass is 10.1. The minimum atomic E-state index is 0.155. The third-order valence-corrected chi connectivity index (χ3v) is 5.57. The molecular formula is C23H19ClN4O. The molecule has 0 amide bonds. The number of para-hydroxylation sites is 1. The molecule has 2 aromatic heterocycles. The number of nitrogens with zero attached hydrogens (tertiary/aromatic N) is 4. The van der Waals surface area contributed by atoms with E-state index in [0.717, 1.165) is 41.8 Å². The highest BCUT2D eigenvalue weighted by molar-refractivity contribution is 6.31. The summed E-state index contributed by atoms with van der Waals surface area (Å²) in [6.07, 6.45) is 3.91. The third-order valence-electron chi connectivity index (χ3n) is 5.34. The summed E-state index contributed by atoms with van der Waals surface area (Å²) in [5.41, 5.74) is 2.39. The number of phenolic OH excluding ortho intramolecular Hbond substituents is 1. The summed E-state index contributed by atoms with van der Waals surface area (Å²) in [4.78, 5) is 16.5. The van der Waals surface area contributed by atoms with Crippen LogP contribution >= 0.6 is 11.6 Å². The number of pyridine rings is 1. The summed E-state index contributed by atoms with van der Waals surface area (Å²) < 4.78 is 0. The molecule has 6 heteroatoms. The van der Waals surface area contributed by atoms with Crippen LogP contribution in [0.4, 0.5) is 5.82 Å². The van der Waals surface area contributed by atoms with Crippen molar-refractivity contribution in [2.75, 3.05) is 11.4 Å². The maximum atomic E-state index is 10.3. The predicted molar refractivity (Wildman–Crippen MR) is 115 cm³/mol. The molecule has 29 heavy (non-hydrogen) atoms. The molecule has 1 atom stereocenters. The molecule has 3 heterocycles. The van der Waals surface area contributed by atoms with Crippen molar-refractivity contribution in [3.05, 3.63) is 77.6 Å². The van der Waals surface area contributed by atoms with Crippen LogP contribution in [0.1, 0.15) is 24.6 Å². The quantitative estimate of drug-likeness (QED) is 0.497. The smallest absolute Gasteiger partial charge is 0.165 e. The zero-order valence-electron chi connectivity index (χ0n) is 15.7. The molecule has 0 bridgehead atoms. The molecule has 0 spiro atoms. The first kappa shape index (κ1) is 17.9. The molecule has 1 aliphatic rings. The highest BCUT2D eigenvalue weighted by Crippen LogP contribution is 2.39. The normalized spacial score (nSPS) is 16.4. The van der Waals surface area contributed by atoms with Gasteiger partial charge in [-0.05, 0) is 55.3 Å². The van der Waals surface area contributed by atoms with Gasteiger partial charge in [0, 0.05) is 23.2 Å². The number of rotatable bonds is 3. The van der Waals surface area contributed by atoms with Crippen LogP contribution in [0.25, 0.3) is 22.3 Å². The lowest BCUT2D eigenvalue weighted by molar-refractivity contribution is 0.477. The maximum Gasteiger partial charge on any atom is 0.165 e. The first-order valence-electron chi connectivity index (χ1n) is 9.64. The second kappa shape index (κ2) is 7.33. The summed E-state index contributed by atoms with van der Waals surface area (Å²) in [6, 6.07) is 19.0. The first-order chi connectivity index (χ1) is 14.2. The molecule has 5 rings (SSSR count). The Kier molecular flexibility index (Phi) is 4.52. The highest BCUT2D eigenvalue weighted by atomic mass is 35.5. The van der Waals surface area contributed by atoms with Crippen molar-refractivity contribution in [2.24, 2.45) is 0 Å². The Hall–Kier alpha value is -3.18. The van der Waals surface area contributed by atoms with Gasteiger partial charge in [0.2, 0.25) is 0 Å². The Balaban J connectivity index is 1.71. The molecular weight excluding hydrogens is 384 g/mol. The van der Waals surface area contributed by atoms with Gasteiger partial charge in [0.25, 0.3) is 0 Å². The van der Waals surface area contributed by atoms with Crippen LogP contribution in [0.15, 0.2) is 66.9 Å². The molecule has 2 aromatic carbocycles. The van der Waals surface area contributed by atoms with E-state index in [1.165, 1.54) is 0 Å². The Morgan fingerprint density at radius 3 is 2.69 bits per heavy atom. The second-order valence-electron chi connectivity index (χ2n) is 7.16. The average Bonchev–Trinajstić information content (AvgIpc) is 3.23. The minimum Gasteiger partial charge on any atom is -0.507 e. The van der Waals surface area contributed by atoms with E-state index < -0.39 is 0 Å². The zero-order valence-corrected chi connectivity index (χ0v) is 16.4. The van der Waals surface area contributed by atoms with Gasteiger partial charge in [-0.15, -0.1) is 0 Å². The van der Waals surface area contributed by atoms with E-state index in [1.807, 2.05) is 48.7 Å². The fourth-order valence-electron chi connectivity index (χ4n) is 3.99. The minimum absolute atomic E-state index is 0.155. The number of hydrogen-bond acceptors (Lipinski definition) is 5. The SMILES string of the molecule is Oc1ccccc1-c1nc(N2CCCC2c2ccccn2)c2ccc(Cl)cc2n1. The molecule has 1 aliphatic heterocycles. The lowest BCUT2D eigenvalue weighted by Gasteiger charge is -2.27. The van der Waals surface area contributed by atoms with Crippen molar-refractivity contribution in [1.29, 1.82) is 0 Å². The molecule has 1 fully saturated rings. The standard InChI is InChI=1S/C23H19ClN4O/c24-15-10-11-16-19(14-15)26-22(17-6-1-2-9-21(17)29)27-23(16)28-13-5-8-20(28)18-7-3-4-12-25-18/h1-4,6-7,9-12,14,20,29H,5,8,13H2. The van der Waals surface area contributed by atoms with E-state index in [-0.39, 0.29) is 11.8 Å². The summed E-state index contributed by atoms with van der Waals surface area (Å²) >= 11 is 6.25. The molecule has 4 aromatic rings. The maximum absolute atomic E-state index is 10.3. The number of halogens is 1. The summed E-state index contributed by atoms with van der Waals surface area (Å²) in [5.74, 6) is 1.49. The number of phenols is 1. The molecule has 1 saturated heterocycles. The number of aromatic nitrogens is 3. The fourth-order valence-corrected chi connectivity index (χ4v) is 4.16. The molecule has 1 unspecified atom stereocenters. The van der Waals surface area contributed by atoms with E-state index >= 15 is 0 Å². The third kappa shape index (κ3) is 3.28. The Morgan fingerprint density at radius 1 is 1.00 bits per heavy atom. The zero-order chi connectivity index (χ0) is 19.8. The van der Waals surface area contributed by atoms with Crippen molar-refractivity contribution in [3.8, 4) is 17.1 Å². The second-order valence-corrected chi connectivity index (χ2v) is 7.59. The van der Waals surface area contributed by atoms with Crippen molar-refractivity contribution >= 4 is 28.3 Å². The average molecular weight is 403 g/mol. The van der Waals surface area contributed by atoms with Gasteiger partial charge in [-0.2, -0.15) is 0 Å². The van der Waals surface area contributed by atoms with Crippen LogP contribution in [-0.4, -0.2) is 26.6 Å². The number of benzene rings is 2. The summed E-state index contributed by atoms with van der Waals surface area (Å²) in [6.45, 7) is 0.885. The highest BCUT2D eigenvalue weighted by Gasteiger charge is 2.30. The van der Waals surface area contributed by atoms with Gasteiger partial charge >= 0.3 is 0 Å². The van der Waals surface area contributed by atoms with Crippen LogP contribution in [-0.2, 0) is 0 Å². The van der Waals surface area contributed by atoms with Gasteiger partial charge in [0.15, 0.2) is 5.82 Å². The Morgan fingerprint density at radius 2 is 1.86 bits per heavy atom. The van der Waals surface area contributed by atoms with E-state index in [4.69, 9.17) is 21.6 Å². The van der Waals surface area contributed by atoms with Gasteiger partial charge in [-0.3, -0.25) is 4.98 Å². The van der Waals surface area contributed by atoms with Crippen molar-refractivity contribution in [3.63, 3.8) is 0 Å². The summed E-state index contributed by atoms with van der Waals surface area (Å²) in [7, 11) is 0. The molecule has 0 radical (unpaired) electrons. The summed E-state index contributed by atoms with van der Waals surface area (Å²) in [5, 5.41) is 11.9. The van der Waals surface area contributed by atoms with Crippen LogP contribution in [0.3, 0.4) is 0 Å². The van der Waals surface area contributed by atoms with Crippen molar-refractivity contribution in [2.45, 2.75) is 18.9 Å². The monoisotopic (exact) mass is 402 g/mol. The number of hydrogen-bond donors (Lipinski definition) is 1. The Labute approximate surface area is 173 Å². The van der Waals surface area contributed by atoms with Gasteiger partial charge in [-0.25, -0.2) is 9.97 Å². The van der Waals surface area contributed by atoms with E-state index in [0.29, 0.717) is 16.4 Å². The van der Waals surface area contributed by atoms with Gasteiger partial charge < -0.3 is 10.0 Å². The van der Waals surface area contributed by atoms with Gasteiger partial charge in [0.1, 0.15) is 11.6 Å². The van der Waals surface area contributed by atoms with Gasteiger partial charge in [-0.1, -0.05) is 29.8 Å². The van der Waals surface area contributed by atoms with Gasteiger partial charge in [0.05, 0.1) is 22.8 Å². The van der Waals surface area contributed by atoms with Crippen molar-refractivity contribution in [1.82, 2.24) is 15.0 Å². The van der Waals surface area contributed by atoms with Crippen LogP contribution in [0, 0.1) is 0 Å². The first-order valence-corrected chi connectivity index (χ1v) is 10.0. The number of fused-ring (bicyclic) bond motifs is 1. The topological polar surface area (TPSA) is 62.1 Å². The van der Waals surface area contributed by atoms with Crippen LogP contribution in [0.2, 0.25) is 5.02 Å². The predicted octanol–water partition coefficient (Wildman–Crippen LogP) is 5.39. The van der Waals surface area contributed by atoms with E-state index in [9.17, 15) is 5.11 Å². The van der Waals surface area contributed by atoms with Crippen LogP contribution in [0.5, 0.6) is 5.75 Å². The number of aromatic hydroxyl groups is 1. The van der Waals surface area contributed by atoms with Crippen LogP contribution < -0.4 is 4.90 Å². The van der Waals surface area contributed by atoms with Crippen molar-refractivity contribution < 1.29 is 5.11 Å². The molecule has 5 nitrogen and oxygen atoms in total. The molecule has 144 valence electrons. The Bertz CT molecular complexity index is 1180. The van der Waals surface area contributed by atoms with E-state index in [2.05, 4.69) is 16.0 Å². The largest absolute Gasteiger partial charge is 0.507 e. The lowest BCUT2D eigenvalue weighted by Crippen LogP contribution is -2.25. The molecule has 0 aliphatic carbocycles. The fraction of sp³-hybridized carbons (Fsp3) is 0.174. The molecule has 1 N–H and O–H groups in total. The van der Waals surface area contributed by atoms with E-state index in [1.54, 1.807) is 12.1 Å².